The molecule has 2 bridgehead atoms. The lowest BCUT2D eigenvalue weighted by Crippen LogP contribution is -2.37. The molecule has 4 heterocycles. The van der Waals surface area contributed by atoms with Crippen molar-refractivity contribution in [1.82, 2.24) is 14.5 Å². The Hall–Kier alpha value is -3.18. The molecule has 164 valence electrons. The maximum absolute atomic E-state index is 15.0. The van der Waals surface area contributed by atoms with Gasteiger partial charge in [-0.2, -0.15) is 0 Å². The number of nitrogens with two attached hydrogens (primary N) is 1. The Morgan fingerprint density at radius 2 is 2.06 bits per heavy atom. The first-order valence-corrected chi connectivity index (χ1v) is 11.0. The molecule has 2 saturated carbocycles. The first-order valence-electron chi connectivity index (χ1n) is 11.0. The molecule has 8 heteroatoms. The van der Waals surface area contributed by atoms with Crippen LogP contribution in [0.15, 0.2) is 12.1 Å². The molecule has 32 heavy (non-hydrogen) atoms. The average Bonchev–Trinajstić information content (AvgIpc) is 3.48. The molecule has 1 saturated heterocycles. The zero-order chi connectivity index (χ0) is 22.4. The third kappa shape index (κ3) is 2.67. The summed E-state index contributed by atoms with van der Waals surface area (Å²) in [6.07, 6.45) is 3.95. The standard InChI is InChI=1S/C24H23FN4O3/c1-28-7-6-24(32,23(28)31)5-4-13-10-17-16(11-18(13)25)14-8-15(9-14)29-20(12-2-3-12)19(21(26)30)27-22(17)29/h10-12,14-15,32H,2-3,6-9H2,1H3,(H2,26,30)/t14?,15?,24-/m1/s1. The number of aliphatic hydroxyl groups is 1. The second-order valence-corrected chi connectivity index (χ2v) is 9.51. The number of carbonyl (C=O) groups is 2. The summed E-state index contributed by atoms with van der Waals surface area (Å²) in [4.78, 5) is 30.4. The second-order valence-electron chi connectivity index (χ2n) is 9.51. The third-order valence-corrected chi connectivity index (χ3v) is 7.36. The van der Waals surface area contributed by atoms with Crippen LogP contribution in [0.2, 0.25) is 0 Å². The van der Waals surface area contributed by atoms with E-state index in [1.807, 2.05) is 0 Å². The van der Waals surface area contributed by atoms with Crippen molar-refractivity contribution in [1.29, 1.82) is 0 Å². The van der Waals surface area contributed by atoms with Gasteiger partial charge in [-0.25, -0.2) is 9.37 Å². The SMILES string of the molecule is CN1CC[C@](O)(C#Cc2cc3c(cc2F)C2CC(C2)n2c-3nc(C(N)=O)c2C2CC2)C1=O. The molecule has 7 nitrogen and oxygen atoms in total. The van der Waals surface area contributed by atoms with E-state index in [2.05, 4.69) is 21.4 Å². The van der Waals surface area contributed by atoms with Crippen molar-refractivity contribution in [3.63, 3.8) is 0 Å². The number of likely N-dealkylation sites (tertiary alicyclic amines) is 1. The number of primary amides is 1. The van der Waals surface area contributed by atoms with Gasteiger partial charge < -0.3 is 20.3 Å². The van der Waals surface area contributed by atoms with Gasteiger partial charge in [-0.3, -0.25) is 9.59 Å². The second kappa shape index (κ2) is 6.42. The average molecular weight is 434 g/mol. The Balaban J connectivity index is 1.50. The number of hydrogen-bond donors (Lipinski definition) is 2. The first-order chi connectivity index (χ1) is 15.3. The Morgan fingerprint density at radius 3 is 2.69 bits per heavy atom. The summed E-state index contributed by atoms with van der Waals surface area (Å²) < 4.78 is 17.2. The Labute approximate surface area is 184 Å². The number of rotatable bonds is 2. The van der Waals surface area contributed by atoms with Crippen molar-refractivity contribution < 1.29 is 19.1 Å². The number of halogens is 1. The van der Waals surface area contributed by atoms with E-state index in [0.717, 1.165) is 42.5 Å². The van der Waals surface area contributed by atoms with Gasteiger partial charge in [0.1, 0.15) is 17.3 Å². The predicted octanol–water partition coefficient (Wildman–Crippen LogP) is 2.04. The Kier molecular flexibility index (Phi) is 3.91. The summed E-state index contributed by atoms with van der Waals surface area (Å²) in [5.41, 5.74) is 6.79. The number of likely N-dealkylation sites (N-methyl/N-ethyl adjacent to an activating group) is 1. The van der Waals surface area contributed by atoms with Crippen molar-refractivity contribution in [3.05, 3.63) is 40.5 Å². The fourth-order valence-electron chi connectivity index (χ4n) is 5.34. The van der Waals surface area contributed by atoms with Crippen LogP contribution in [-0.4, -0.2) is 50.6 Å². The summed E-state index contributed by atoms with van der Waals surface area (Å²) in [6.45, 7) is 0.400. The molecule has 3 fully saturated rings. The van der Waals surface area contributed by atoms with Crippen LogP contribution in [0.1, 0.15) is 77.3 Å². The zero-order valence-corrected chi connectivity index (χ0v) is 17.7. The fourth-order valence-corrected chi connectivity index (χ4v) is 5.34. The molecule has 3 aliphatic heterocycles. The van der Waals surface area contributed by atoms with Crippen LogP contribution < -0.4 is 5.73 Å². The predicted molar refractivity (Wildman–Crippen MR) is 113 cm³/mol. The van der Waals surface area contributed by atoms with Gasteiger partial charge in [0, 0.05) is 37.5 Å². The van der Waals surface area contributed by atoms with Gasteiger partial charge in [0.05, 0.1) is 11.3 Å². The minimum atomic E-state index is -1.80. The molecule has 2 aromatic rings. The number of nitrogens with zero attached hydrogens (tertiary/aromatic N) is 3. The van der Waals surface area contributed by atoms with Gasteiger partial charge in [0.25, 0.3) is 11.8 Å². The normalized spacial score (nSPS) is 27.7. The van der Waals surface area contributed by atoms with Crippen molar-refractivity contribution in [2.45, 2.75) is 55.6 Å². The number of carbonyl (C=O) groups excluding carboxylic acids is 2. The maximum Gasteiger partial charge on any atom is 0.269 e. The van der Waals surface area contributed by atoms with Crippen LogP contribution >= 0.6 is 0 Å². The van der Waals surface area contributed by atoms with Crippen LogP contribution in [-0.2, 0) is 4.79 Å². The van der Waals surface area contributed by atoms with E-state index in [9.17, 15) is 14.7 Å². The summed E-state index contributed by atoms with van der Waals surface area (Å²) in [5, 5.41) is 10.6. The summed E-state index contributed by atoms with van der Waals surface area (Å²) in [5.74, 6) is 4.96. The van der Waals surface area contributed by atoms with E-state index >= 15 is 4.39 Å². The monoisotopic (exact) mass is 434 g/mol. The van der Waals surface area contributed by atoms with E-state index in [4.69, 9.17) is 5.73 Å². The molecule has 3 N–H and O–H groups in total. The summed E-state index contributed by atoms with van der Waals surface area (Å²) >= 11 is 0. The minimum Gasteiger partial charge on any atom is -0.369 e. The number of benzene rings is 1. The van der Waals surface area contributed by atoms with Crippen LogP contribution in [0, 0.1) is 17.7 Å². The van der Waals surface area contributed by atoms with Gasteiger partial charge >= 0.3 is 0 Å². The van der Waals surface area contributed by atoms with E-state index in [0.29, 0.717) is 24.0 Å². The molecule has 0 radical (unpaired) electrons. The molecule has 5 aliphatic rings. The van der Waals surface area contributed by atoms with E-state index < -0.39 is 23.2 Å². The van der Waals surface area contributed by atoms with Crippen LogP contribution in [0.3, 0.4) is 0 Å². The van der Waals surface area contributed by atoms with Gasteiger partial charge in [-0.1, -0.05) is 11.8 Å². The highest BCUT2D eigenvalue weighted by atomic mass is 19.1. The smallest absolute Gasteiger partial charge is 0.269 e. The first kappa shape index (κ1) is 19.5. The van der Waals surface area contributed by atoms with Crippen molar-refractivity contribution in [2.24, 2.45) is 5.73 Å². The van der Waals surface area contributed by atoms with Crippen molar-refractivity contribution in [3.8, 4) is 23.2 Å². The highest BCUT2D eigenvalue weighted by Gasteiger charge is 2.45. The molecule has 2 amide bonds. The lowest BCUT2D eigenvalue weighted by Gasteiger charge is -2.35. The van der Waals surface area contributed by atoms with Crippen LogP contribution in [0.5, 0.6) is 0 Å². The topological polar surface area (TPSA) is 101 Å². The largest absolute Gasteiger partial charge is 0.369 e. The molecular weight excluding hydrogens is 411 g/mol. The van der Waals surface area contributed by atoms with E-state index in [-0.39, 0.29) is 23.9 Å². The molecule has 1 aromatic heterocycles. The van der Waals surface area contributed by atoms with Gasteiger partial charge in [0.15, 0.2) is 0 Å². The summed E-state index contributed by atoms with van der Waals surface area (Å²) in [6, 6.07) is 3.37. The van der Waals surface area contributed by atoms with Gasteiger partial charge in [-0.05, 0) is 49.3 Å². The Bertz CT molecular complexity index is 1260. The van der Waals surface area contributed by atoms with Crippen LogP contribution in [0.4, 0.5) is 4.39 Å². The van der Waals surface area contributed by atoms with E-state index in [1.165, 1.54) is 11.0 Å². The fraction of sp³-hybridized carbons (Fsp3) is 0.458. The number of hydrogen-bond acceptors (Lipinski definition) is 4. The minimum absolute atomic E-state index is 0.0989. The molecule has 0 spiro atoms. The highest BCUT2D eigenvalue weighted by molar-refractivity contribution is 5.93. The van der Waals surface area contributed by atoms with Crippen molar-refractivity contribution >= 4 is 11.8 Å². The number of aromatic nitrogens is 2. The summed E-state index contributed by atoms with van der Waals surface area (Å²) in [7, 11) is 1.60. The Morgan fingerprint density at radius 1 is 1.31 bits per heavy atom. The molecule has 7 rings (SSSR count). The highest BCUT2D eigenvalue weighted by Crippen LogP contribution is 2.55. The van der Waals surface area contributed by atoms with Gasteiger partial charge in [0.2, 0.25) is 5.60 Å². The number of amides is 2. The molecule has 0 unspecified atom stereocenters. The molecule has 1 aromatic carbocycles. The molecular formula is C24H23FN4O3. The number of imidazole rings is 1. The maximum atomic E-state index is 15.0. The molecule has 2 aliphatic carbocycles. The molecule has 1 atom stereocenters. The quantitative estimate of drug-likeness (QED) is 0.707. The van der Waals surface area contributed by atoms with E-state index in [1.54, 1.807) is 13.1 Å². The van der Waals surface area contributed by atoms with Crippen molar-refractivity contribution in [2.75, 3.05) is 13.6 Å². The lowest BCUT2D eigenvalue weighted by atomic mass is 9.75. The lowest BCUT2D eigenvalue weighted by molar-refractivity contribution is -0.137. The van der Waals surface area contributed by atoms with Gasteiger partial charge in [-0.15, -0.1) is 0 Å². The van der Waals surface area contributed by atoms with Crippen LogP contribution in [0.25, 0.3) is 11.4 Å². The third-order valence-electron chi connectivity index (χ3n) is 7.36. The zero-order valence-electron chi connectivity index (χ0n) is 17.7.